The number of phosphoric ester groups is 2. The molecule has 1 aromatic rings. The van der Waals surface area contributed by atoms with Gasteiger partial charge < -0.3 is 55.8 Å². The molecule has 21 nitrogen and oxygen atoms in total. The number of nitrogens with one attached hydrogen (secondary N) is 2. The van der Waals surface area contributed by atoms with Gasteiger partial charge in [0.1, 0.15) is 36.6 Å². The highest BCUT2D eigenvalue weighted by Crippen LogP contribution is 2.61. The number of amides is 1. The molecule has 0 spiro atoms. The molecular formula is C17H28N4O17P2. The second-order valence-electron chi connectivity index (χ2n) is 8.46. The van der Waals surface area contributed by atoms with Gasteiger partial charge in [-0.2, -0.15) is 4.31 Å². The minimum atomic E-state index is -5.70. The van der Waals surface area contributed by atoms with Gasteiger partial charge in [-0.3, -0.25) is 28.2 Å². The molecule has 11 atom stereocenters. The van der Waals surface area contributed by atoms with E-state index in [-0.39, 0.29) is 13.1 Å². The number of hydrogen-bond donors (Lipinski definition) is 10. The van der Waals surface area contributed by atoms with Crippen molar-refractivity contribution in [3.63, 3.8) is 0 Å². The summed E-state index contributed by atoms with van der Waals surface area (Å²) in [6.45, 7) is -1.15. The van der Waals surface area contributed by atoms with Crippen molar-refractivity contribution in [3.05, 3.63) is 33.1 Å². The van der Waals surface area contributed by atoms with Crippen LogP contribution in [0.25, 0.3) is 0 Å². The molecule has 23 heteroatoms. The summed E-state index contributed by atoms with van der Waals surface area (Å²) >= 11 is 0. The Balaban J connectivity index is 1.62. The Kier molecular flexibility index (Phi) is 10.6. The number of nitrogens with zero attached hydrogens (tertiary/aromatic N) is 1. The average molecular weight is 622 g/mol. The fraction of sp³-hybridized carbons (Fsp3) is 0.706. The van der Waals surface area contributed by atoms with Crippen molar-refractivity contribution in [1.82, 2.24) is 14.9 Å². The van der Waals surface area contributed by atoms with Crippen LogP contribution in [0.2, 0.25) is 0 Å². The van der Waals surface area contributed by atoms with Crippen molar-refractivity contribution >= 4 is 21.6 Å². The Hall–Kier alpha value is -1.91. The van der Waals surface area contributed by atoms with E-state index in [4.69, 9.17) is 15.2 Å². The first-order valence-electron chi connectivity index (χ1n) is 11.3. The summed E-state index contributed by atoms with van der Waals surface area (Å²) in [6.07, 6.45) is -16.5. The number of phosphoric acid groups is 2. The van der Waals surface area contributed by atoms with Crippen molar-refractivity contribution in [2.45, 2.75) is 55.2 Å². The summed E-state index contributed by atoms with van der Waals surface area (Å²) in [6, 6.07) is 0.920. The summed E-state index contributed by atoms with van der Waals surface area (Å²) in [5.41, 5.74) is 3.47. The normalized spacial score (nSPS) is 35.5. The van der Waals surface area contributed by atoms with Crippen molar-refractivity contribution in [2.24, 2.45) is 5.73 Å². The molecule has 0 aliphatic carbocycles. The molecule has 2 aliphatic rings. The van der Waals surface area contributed by atoms with Crippen LogP contribution >= 0.6 is 15.6 Å². The largest absolute Gasteiger partial charge is 0.483 e. The number of hydrogen-bond acceptors (Lipinski definition) is 16. The lowest BCUT2D eigenvalue weighted by atomic mass is 9.98. The van der Waals surface area contributed by atoms with Gasteiger partial charge in [0, 0.05) is 25.4 Å². The van der Waals surface area contributed by atoms with Crippen LogP contribution in [0.1, 0.15) is 6.23 Å². The number of aromatic nitrogens is 2. The summed E-state index contributed by atoms with van der Waals surface area (Å²) in [5.74, 6) is -1.04. The molecule has 0 aromatic carbocycles. The molecule has 0 radical (unpaired) electrons. The number of carbonyl (C=O) groups excluding carboxylic acids is 1. The average Bonchev–Trinajstić information content (AvgIpc) is 3.14. The third kappa shape index (κ3) is 7.68. The van der Waals surface area contributed by atoms with E-state index >= 15 is 0 Å². The molecule has 2 saturated heterocycles. The van der Waals surface area contributed by atoms with Crippen LogP contribution in [0.15, 0.2) is 21.9 Å². The smallest absolute Gasteiger partial charge is 0.387 e. The van der Waals surface area contributed by atoms with Crippen LogP contribution < -0.4 is 22.3 Å². The van der Waals surface area contributed by atoms with Crippen molar-refractivity contribution < 1.29 is 72.1 Å². The van der Waals surface area contributed by atoms with Gasteiger partial charge in [-0.1, -0.05) is 0 Å². The SMILES string of the molecule is NCCNC(=O)[C@H]1O[C@H](OP(=O)(O)OP(=O)(O)OC[C@H]2O[C@@H](n3ccc(=O)[nH]c3=O)[C@H](O)[C@@H]2O)[C@H](O)[C@@H](O)[C@@H]1O. The number of aliphatic hydroxyl groups is 5. The molecule has 2 fully saturated rings. The molecule has 1 aromatic heterocycles. The minimum Gasteiger partial charge on any atom is -0.387 e. The third-order valence-corrected chi connectivity index (χ3v) is 8.18. The molecule has 3 rings (SSSR count). The fourth-order valence-electron chi connectivity index (χ4n) is 3.64. The van der Waals surface area contributed by atoms with E-state index in [0.717, 1.165) is 12.3 Å². The molecule has 228 valence electrons. The van der Waals surface area contributed by atoms with Crippen LogP contribution in [0.3, 0.4) is 0 Å². The zero-order valence-corrected chi connectivity index (χ0v) is 21.9. The molecule has 2 unspecified atom stereocenters. The van der Waals surface area contributed by atoms with Crippen molar-refractivity contribution in [3.8, 4) is 0 Å². The quantitative estimate of drug-likeness (QED) is 0.103. The Bertz CT molecular complexity index is 1260. The summed E-state index contributed by atoms with van der Waals surface area (Å²) in [5, 5.41) is 52.5. The second-order valence-corrected chi connectivity index (χ2v) is 11.5. The number of rotatable bonds is 11. The first kappa shape index (κ1) is 32.6. The highest BCUT2D eigenvalue weighted by molar-refractivity contribution is 7.61. The number of ether oxygens (including phenoxy) is 2. The van der Waals surface area contributed by atoms with Crippen molar-refractivity contribution in [2.75, 3.05) is 19.7 Å². The van der Waals surface area contributed by atoms with Crippen LogP contribution in [-0.4, -0.2) is 119 Å². The van der Waals surface area contributed by atoms with Gasteiger partial charge in [0.2, 0.25) is 0 Å². The summed E-state index contributed by atoms with van der Waals surface area (Å²) < 4.78 is 48.6. The minimum absolute atomic E-state index is 0.0146. The number of aromatic amines is 1. The topological polar surface area (TPSA) is 332 Å². The molecule has 0 saturated carbocycles. The fourth-order valence-corrected chi connectivity index (χ4v) is 5.80. The van der Waals surface area contributed by atoms with E-state index < -0.39 is 94.7 Å². The van der Waals surface area contributed by atoms with E-state index in [0.29, 0.717) is 4.57 Å². The van der Waals surface area contributed by atoms with Gasteiger partial charge in [0.05, 0.1) is 6.61 Å². The zero-order valence-electron chi connectivity index (χ0n) is 20.1. The van der Waals surface area contributed by atoms with E-state index in [2.05, 4.69) is 18.7 Å². The molecule has 40 heavy (non-hydrogen) atoms. The number of H-pyrrole nitrogens is 1. The summed E-state index contributed by atoms with van der Waals surface area (Å²) in [7, 11) is -11.3. The zero-order chi connectivity index (χ0) is 30.0. The Labute approximate surface area is 222 Å². The second kappa shape index (κ2) is 12.9. The molecule has 11 N–H and O–H groups in total. The number of carbonyl (C=O) groups is 1. The van der Waals surface area contributed by atoms with Gasteiger partial charge in [-0.25, -0.2) is 13.9 Å². The van der Waals surface area contributed by atoms with E-state index in [1.807, 2.05) is 4.98 Å². The Morgan fingerprint density at radius 2 is 1.70 bits per heavy atom. The van der Waals surface area contributed by atoms with Gasteiger partial charge in [0.15, 0.2) is 18.6 Å². The van der Waals surface area contributed by atoms with Gasteiger partial charge >= 0.3 is 21.3 Å². The van der Waals surface area contributed by atoms with Crippen LogP contribution in [-0.2, 0) is 36.8 Å². The predicted octanol–water partition coefficient (Wildman–Crippen LogP) is -5.71. The third-order valence-electron chi connectivity index (χ3n) is 5.58. The monoisotopic (exact) mass is 622 g/mol. The first-order valence-corrected chi connectivity index (χ1v) is 14.3. The number of aliphatic hydroxyl groups excluding tert-OH is 5. The van der Waals surface area contributed by atoms with Crippen LogP contribution in [0, 0.1) is 0 Å². The molecule has 2 aliphatic heterocycles. The van der Waals surface area contributed by atoms with Crippen LogP contribution in [0.4, 0.5) is 0 Å². The Morgan fingerprint density at radius 3 is 2.33 bits per heavy atom. The lowest BCUT2D eigenvalue weighted by Gasteiger charge is -2.39. The standard InChI is InChI=1S/C17H28N4O17P2/c18-2-3-19-14(28)13-10(25)9(24)12(27)16(36-13)37-40(32,33)38-39(30,31)34-5-6-8(23)11(26)15(35-6)21-4-1-7(22)20-17(21)29/h1,4,6,8-13,15-16,23-27H,2-3,5,18H2,(H,19,28)(H,30,31)(H,32,33)(H,20,22,29)/t6-,8-,9+,10+,11-,12-,13+,15-,16-/m1/s1. The number of nitrogens with two attached hydrogens (primary N) is 1. The van der Waals surface area contributed by atoms with Gasteiger partial charge in [0.25, 0.3) is 11.5 Å². The van der Waals surface area contributed by atoms with Crippen molar-refractivity contribution in [1.29, 1.82) is 0 Å². The van der Waals surface area contributed by atoms with E-state index in [1.54, 1.807) is 0 Å². The molecule has 1 amide bonds. The molecular weight excluding hydrogens is 594 g/mol. The lowest BCUT2D eigenvalue weighted by Crippen LogP contribution is -2.62. The van der Waals surface area contributed by atoms with Gasteiger partial charge in [-0.05, 0) is 0 Å². The lowest BCUT2D eigenvalue weighted by molar-refractivity contribution is -0.270. The maximum atomic E-state index is 12.4. The summed E-state index contributed by atoms with van der Waals surface area (Å²) in [4.78, 5) is 57.0. The Morgan fingerprint density at radius 1 is 1.02 bits per heavy atom. The van der Waals surface area contributed by atoms with Crippen LogP contribution in [0.5, 0.6) is 0 Å². The van der Waals surface area contributed by atoms with E-state index in [9.17, 15) is 58.8 Å². The maximum Gasteiger partial charge on any atom is 0.483 e. The maximum absolute atomic E-state index is 12.4. The molecule has 3 heterocycles. The highest BCUT2D eigenvalue weighted by Gasteiger charge is 2.51. The predicted molar refractivity (Wildman–Crippen MR) is 124 cm³/mol. The highest BCUT2D eigenvalue weighted by atomic mass is 31.3. The van der Waals surface area contributed by atoms with Gasteiger partial charge in [-0.15, -0.1) is 0 Å². The molecule has 0 bridgehead atoms. The first-order chi connectivity index (χ1) is 18.6. The van der Waals surface area contributed by atoms with E-state index in [1.165, 1.54) is 0 Å².